The number of thiazole rings is 1. The maximum Gasteiger partial charge on any atom is 0.266 e. The molecule has 3 aromatic heterocycles. The second kappa shape index (κ2) is 9.47. The third-order valence-corrected chi connectivity index (χ3v) is 4.91. The third-order valence-electron chi connectivity index (χ3n) is 4.12. The molecule has 0 saturated heterocycles. The van der Waals surface area contributed by atoms with Gasteiger partial charge in [0.15, 0.2) is 0 Å². The van der Waals surface area contributed by atoms with Gasteiger partial charge in [-0.1, -0.05) is 0 Å². The number of fused-ring (bicyclic) bond motifs is 1. The Morgan fingerprint density at radius 3 is 2.50 bits per heavy atom. The zero-order valence-corrected chi connectivity index (χ0v) is 19.0. The molecule has 11 heteroatoms. The predicted molar refractivity (Wildman–Crippen MR) is 123 cm³/mol. The van der Waals surface area contributed by atoms with Gasteiger partial charge >= 0.3 is 0 Å². The number of hydrogen-bond acceptors (Lipinski definition) is 7. The largest absolute Gasteiger partial charge is 0.286 e. The van der Waals surface area contributed by atoms with Crippen LogP contribution in [0.25, 0.3) is 28.7 Å². The quantitative estimate of drug-likeness (QED) is 0.451. The standard InChI is InChI=1S/C20H15FN4OS.CH4O3S/c1-12-18(4-3-9-22-12)25-19(8-6-15-11-27-13(2)23-15)24-17-7-5-14(21)10-16(17)20(25)26;1-5(2,3)4/h3-11H,1-2H3;1H3,(H,2,3,4). The smallest absolute Gasteiger partial charge is 0.266 e. The molecule has 8 nitrogen and oxygen atoms in total. The topological polar surface area (TPSA) is 115 Å². The number of hydrogen-bond donors (Lipinski definition) is 1. The van der Waals surface area contributed by atoms with Crippen molar-refractivity contribution in [3.63, 3.8) is 0 Å². The first-order valence-corrected chi connectivity index (χ1v) is 11.9. The van der Waals surface area contributed by atoms with Crippen molar-refractivity contribution < 1.29 is 17.4 Å². The Morgan fingerprint density at radius 1 is 1.16 bits per heavy atom. The van der Waals surface area contributed by atoms with Crippen LogP contribution in [0.3, 0.4) is 0 Å². The predicted octanol–water partition coefficient (Wildman–Crippen LogP) is 3.67. The molecule has 0 aliphatic carbocycles. The Morgan fingerprint density at radius 2 is 1.88 bits per heavy atom. The number of nitrogens with zero attached hydrogens (tertiary/aromatic N) is 4. The van der Waals surface area contributed by atoms with Crippen LogP contribution in [0.1, 0.15) is 22.2 Å². The molecule has 3 heterocycles. The lowest BCUT2D eigenvalue weighted by molar-refractivity contribution is 0.490. The first kappa shape index (κ1) is 23.4. The summed E-state index contributed by atoms with van der Waals surface area (Å²) in [7, 11) is -3.67. The summed E-state index contributed by atoms with van der Waals surface area (Å²) < 4.78 is 41.0. The van der Waals surface area contributed by atoms with E-state index in [1.54, 1.807) is 35.7 Å². The van der Waals surface area contributed by atoms with E-state index in [1.807, 2.05) is 25.3 Å². The first-order valence-electron chi connectivity index (χ1n) is 9.20. The van der Waals surface area contributed by atoms with E-state index in [1.165, 1.54) is 22.8 Å². The van der Waals surface area contributed by atoms with Gasteiger partial charge in [0.2, 0.25) is 0 Å². The van der Waals surface area contributed by atoms with Gasteiger partial charge in [-0.05, 0) is 56.3 Å². The number of benzene rings is 1. The Kier molecular flexibility index (Phi) is 6.92. The lowest BCUT2D eigenvalue weighted by Crippen LogP contribution is -2.23. The molecule has 0 bridgehead atoms. The van der Waals surface area contributed by atoms with E-state index in [4.69, 9.17) is 4.55 Å². The first-order chi connectivity index (χ1) is 15.0. The van der Waals surface area contributed by atoms with E-state index in [-0.39, 0.29) is 10.9 Å². The fraction of sp³-hybridized carbons (Fsp3) is 0.143. The molecule has 0 amide bonds. The molecule has 166 valence electrons. The van der Waals surface area contributed by atoms with E-state index in [9.17, 15) is 17.6 Å². The molecule has 1 N–H and O–H groups in total. The van der Waals surface area contributed by atoms with Crippen LogP contribution in [0.4, 0.5) is 4.39 Å². The molecule has 0 aliphatic heterocycles. The fourth-order valence-electron chi connectivity index (χ4n) is 2.85. The second-order valence-electron chi connectivity index (χ2n) is 6.74. The van der Waals surface area contributed by atoms with Gasteiger partial charge < -0.3 is 0 Å². The molecule has 0 aliphatic rings. The summed E-state index contributed by atoms with van der Waals surface area (Å²) >= 11 is 1.55. The van der Waals surface area contributed by atoms with Crippen molar-refractivity contribution in [1.29, 1.82) is 0 Å². The number of aryl methyl sites for hydroxylation is 2. The minimum Gasteiger partial charge on any atom is -0.286 e. The molecule has 32 heavy (non-hydrogen) atoms. The molecule has 0 atom stereocenters. The third kappa shape index (κ3) is 5.90. The Bertz CT molecular complexity index is 1470. The maximum atomic E-state index is 13.7. The average molecular weight is 475 g/mol. The van der Waals surface area contributed by atoms with Gasteiger partial charge in [-0.15, -0.1) is 11.3 Å². The van der Waals surface area contributed by atoms with Gasteiger partial charge in [-0.2, -0.15) is 8.42 Å². The van der Waals surface area contributed by atoms with Crippen molar-refractivity contribution in [2.75, 3.05) is 6.26 Å². The Labute approximate surface area is 187 Å². The lowest BCUT2D eigenvalue weighted by atomic mass is 10.2. The number of pyridine rings is 1. The molecular weight excluding hydrogens is 455 g/mol. The highest BCUT2D eigenvalue weighted by molar-refractivity contribution is 7.85. The molecule has 1 aromatic carbocycles. The van der Waals surface area contributed by atoms with Gasteiger partial charge in [-0.3, -0.25) is 18.9 Å². The summed E-state index contributed by atoms with van der Waals surface area (Å²) in [6.07, 6.45) is 5.92. The number of aromatic nitrogens is 4. The number of rotatable bonds is 3. The molecule has 4 aromatic rings. The van der Waals surface area contributed by atoms with Crippen molar-refractivity contribution >= 4 is 44.5 Å². The summed E-state index contributed by atoms with van der Waals surface area (Å²) in [4.78, 5) is 26.4. The van der Waals surface area contributed by atoms with Gasteiger partial charge in [0.25, 0.3) is 15.7 Å². The highest BCUT2D eigenvalue weighted by Gasteiger charge is 2.14. The fourth-order valence-corrected chi connectivity index (χ4v) is 3.43. The Balaban J connectivity index is 0.000000523. The van der Waals surface area contributed by atoms with Gasteiger partial charge in [0.1, 0.15) is 11.6 Å². The SMILES string of the molecule is CS(=O)(=O)O.Cc1nc(C=Cc2nc3ccc(F)cc3c(=O)n2-c2cccnc2C)cs1. The van der Waals surface area contributed by atoms with Gasteiger partial charge in [0.05, 0.1) is 39.2 Å². The highest BCUT2D eigenvalue weighted by atomic mass is 32.2. The summed E-state index contributed by atoms with van der Waals surface area (Å²) in [5, 5.41) is 3.11. The lowest BCUT2D eigenvalue weighted by Gasteiger charge is -2.13. The van der Waals surface area contributed by atoms with Crippen LogP contribution < -0.4 is 5.56 Å². The van der Waals surface area contributed by atoms with Crippen LogP contribution in [-0.2, 0) is 10.1 Å². The van der Waals surface area contributed by atoms with Crippen molar-refractivity contribution in [2.24, 2.45) is 0 Å². The van der Waals surface area contributed by atoms with Crippen molar-refractivity contribution in [1.82, 2.24) is 19.5 Å². The molecule has 4 rings (SSSR count). The average Bonchev–Trinajstić information content (AvgIpc) is 3.12. The van der Waals surface area contributed by atoms with Crippen LogP contribution in [-0.4, -0.2) is 38.7 Å². The Hall–Kier alpha value is -3.28. The molecule has 0 saturated carbocycles. The molecule has 0 unspecified atom stereocenters. The van der Waals surface area contributed by atoms with E-state index >= 15 is 0 Å². The van der Waals surface area contributed by atoms with Crippen molar-refractivity contribution in [2.45, 2.75) is 13.8 Å². The van der Waals surface area contributed by atoms with E-state index in [0.717, 1.165) is 10.7 Å². The van der Waals surface area contributed by atoms with Crippen LogP contribution in [0, 0.1) is 19.7 Å². The molecule has 0 spiro atoms. The normalized spacial score (nSPS) is 11.5. The zero-order valence-electron chi connectivity index (χ0n) is 17.4. The molecule has 0 fully saturated rings. The van der Waals surface area contributed by atoms with Crippen molar-refractivity contribution in [3.05, 3.63) is 80.3 Å². The van der Waals surface area contributed by atoms with Gasteiger partial charge in [0, 0.05) is 11.6 Å². The second-order valence-corrected chi connectivity index (χ2v) is 9.27. The highest BCUT2D eigenvalue weighted by Crippen LogP contribution is 2.18. The molecular formula is C21H19FN4O4S2. The van der Waals surface area contributed by atoms with Crippen molar-refractivity contribution in [3.8, 4) is 5.69 Å². The van der Waals surface area contributed by atoms with Crippen LogP contribution in [0.5, 0.6) is 0 Å². The summed E-state index contributed by atoms with van der Waals surface area (Å²) in [5.41, 5.74) is 2.17. The van der Waals surface area contributed by atoms with Crippen LogP contribution in [0.15, 0.2) is 46.7 Å². The van der Waals surface area contributed by atoms with Gasteiger partial charge in [-0.25, -0.2) is 14.4 Å². The zero-order chi connectivity index (χ0) is 23.5. The summed E-state index contributed by atoms with van der Waals surface area (Å²) in [6.45, 7) is 3.74. The van der Waals surface area contributed by atoms with E-state index in [2.05, 4.69) is 15.0 Å². The minimum absolute atomic E-state index is 0.222. The van der Waals surface area contributed by atoms with E-state index in [0.29, 0.717) is 29.0 Å². The number of halogens is 1. The van der Waals surface area contributed by atoms with Crippen LogP contribution >= 0.6 is 11.3 Å². The molecule has 0 radical (unpaired) electrons. The van der Waals surface area contributed by atoms with E-state index < -0.39 is 15.9 Å². The maximum absolute atomic E-state index is 13.7. The summed E-state index contributed by atoms with van der Waals surface area (Å²) in [5.74, 6) is -0.0436. The van der Waals surface area contributed by atoms with Crippen LogP contribution in [0.2, 0.25) is 0 Å². The monoisotopic (exact) mass is 474 g/mol. The minimum atomic E-state index is -3.67. The summed E-state index contributed by atoms with van der Waals surface area (Å²) in [6, 6.07) is 7.56.